The molecule has 144 valence electrons. The minimum absolute atomic E-state index is 0.196. The van der Waals surface area contributed by atoms with Gasteiger partial charge in [-0.05, 0) is 49.9 Å². The summed E-state index contributed by atoms with van der Waals surface area (Å²) in [6.45, 7) is 7.34. The summed E-state index contributed by atoms with van der Waals surface area (Å²) in [4.78, 5) is 13.6. The number of guanidine groups is 1. The second-order valence-electron chi connectivity index (χ2n) is 7.12. The van der Waals surface area contributed by atoms with Gasteiger partial charge in [0.2, 0.25) is 5.96 Å². The fraction of sp³-hybridized carbons (Fsp3) is 0.450. The zero-order valence-electron chi connectivity index (χ0n) is 16.0. The second-order valence-corrected chi connectivity index (χ2v) is 7.12. The van der Waals surface area contributed by atoms with E-state index < -0.39 is 0 Å². The molecule has 0 amide bonds. The van der Waals surface area contributed by atoms with Gasteiger partial charge >= 0.3 is 0 Å². The molecule has 3 rings (SSSR count). The lowest BCUT2D eigenvalue weighted by Gasteiger charge is -2.38. The van der Waals surface area contributed by atoms with Gasteiger partial charge in [-0.15, -0.1) is 0 Å². The summed E-state index contributed by atoms with van der Waals surface area (Å²) < 4.78 is 0. The molecule has 2 aromatic rings. The van der Waals surface area contributed by atoms with E-state index in [4.69, 9.17) is 10.9 Å². The smallest absolute Gasteiger partial charge is 0.233 e. The lowest BCUT2D eigenvalue weighted by molar-refractivity contribution is 0.116. The van der Waals surface area contributed by atoms with E-state index in [1.54, 1.807) is 0 Å². The van der Waals surface area contributed by atoms with Crippen molar-refractivity contribution in [3.63, 3.8) is 0 Å². The lowest BCUT2D eigenvalue weighted by atomic mass is 10.0. The molecule has 0 unspecified atom stereocenters. The standard InChI is InChI=1S/C20H28N6O/c1-15-5-3-9-22-18(15)13-26(14-19-16(2)6-4-10-23-19)17-7-11-25(12-8-17)20(21)24-27/h3-6,9-10,17,27H,7-8,11-14H2,1-2H3,(H2,21,24). The molecule has 7 nitrogen and oxygen atoms in total. The summed E-state index contributed by atoms with van der Waals surface area (Å²) in [6.07, 6.45) is 5.61. The number of nitrogens with zero attached hydrogens (tertiary/aromatic N) is 5. The van der Waals surface area contributed by atoms with Gasteiger partial charge in [-0.2, -0.15) is 0 Å². The van der Waals surface area contributed by atoms with Crippen LogP contribution >= 0.6 is 0 Å². The quantitative estimate of drug-likeness (QED) is 0.364. The Morgan fingerprint density at radius 1 is 1.11 bits per heavy atom. The average Bonchev–Trinajstić information content (AvgIpc) is 2.70. The fourth-order valence-electron chi connectivity index (χ4n) is 3.59. The largest absolute Gasteiger partial charge is 0.408 e. The van der Waals surface area contributed by atoms with Crippen molar-refractivity contribution in [1.29, 1.82) is 0 Å². The monoisotopic (exact) mass is 368 g/mol. The van der Waals surface area contributed by atoms with Crippen LogP contribution in [0, 0.1) is 13.8 Å². The van der Waals surface area contributed by atoms with Crippen LogP contribution < -0.4 is 5.73 Å². The first kappa shape index (κ1) is 19.1. The SMILES string of the molecule is Cc1cccnc1CN(Cc1ncccc1C)C1CCN(/C(N)=N/O)CC1. The van der Waals surface area contributed by atoms with Crippen LogP contribution in [0.1, 0.15) is 35.4 Å². The molecular weight excluding hydrogens is 340 g/mol. The molecule has 3 N–H and O–H groups in total. The molecule has 0 spiro atoms. The molecule has 27 heavy (non-hydrogen) atoms. The number of likely N-dealkylation sites (tertiary alicyclic amines) is 1. The van der Waals surface area contributed by atoms with E-state index in [1.165, 1.54) is 11.1 Å². The predicted molar refractivity (Wildman–Crippen MR) is 105 cm³/mol. The Hall–Kier alpha value is -2.67. The van der Waals surface area contributed by atoms with E-state index in [0.29, 0.717) is 6.04 Å². The van der Waals surface area contributed by atoms with Crippen molar-refractivity contribution < 1.29 is 5.21 Å². The normalized spacial score (nSPS) is 16.1. The topological polar surface area (TPSA) is 90.9 Å². The van der Waals surface area contributed by atoms with Crippen LogP contribution in [-0.2, 0) is 13.1 Å². The predicted octanol–water partition coefficient (Wildman–Crippen LogP) is 2.26. The lowest BCUT2D eigenvalue weighted by Crippen LogP contribution is -2.48. The van der Waals surface area contributed by atoms with E-state index in [-0.39, 0.29) is 5.96 Å². The average molecular weight is 368 g/mol. The molecule has 0 atom stereocenters. The van der Waals surface area contributed by atoms with Gasteiger partial charge in [-0.1, -0.05) is 17.3 Å². The van der Waals surface area contributed by atoms with Crippen molar-refractivity contribution >= 4 is 5.96 Å². The zero-order valence-corrected chi connectivity index (χ0v) is 16.0. The van der Waals surface area contributed by atoms with Crippen LogP contribution in [0.5, 0.6) is 0 Å². The van der Waals surface area contributed by atoms with Gasteiger partial charge in [0.15, 0.2) is 0 Å². The molecule has 1 saturated heterocycles. The van der Waals surface area contributed by atoms with Crippen molar-refractivity contribution in [3.8, 4) is 0 Å². The summed E-state index contributed by atoms with van der Waals surface area (Å²) in [6, 6.07) is 8.56. The van der Waals surface area contributed by atoms with E-state index in [1.807, 2.05) is 29.4 Å². The van der Waals surface area contributed by atoms with E-state index >= 15 is 0 Å². The van der Waals surface area contributed by atoms with E-state index in [0.717, 1.165) is 50.4 Å². The highest BCUT2D eigenvalue weighted by Crippen LogP contribution is 2.22. The van der Waals surface area contributed by atoms with Crippen LogP contribution in [0.25, 0.3) is 0 Å². The van der Waals surface area contributed by atoms with Crippen LogP contribution in [0.2, 0.25) is 0 Å². The van der Waals surface area contributed by atoms with Gasteiger partial charge in [0.05, 0.1) is 11.4 Å². The summed E-state index contributed by atoms with van der Waals surface area (Å²) >= 11 is 0. The zero-order chi connectivity index (χ0) is 19.2. The number of piperidine rings is 1. The minimum atomic E-state index is 0.196. The molecule has 1 aliphatic heterocycles. The highest BCUT2D eigenvalue weighted by Gasteiger charge is 2.27. The number of hydrogen-bond acceptors (Lipinski definition) is 5. The number of pyridine rings is 2. The maximum absolute atomic E-state index is 8.91. The maximum atomic E-state index is 8.91. The fourth-order valence-corrected chi connectivity index (χ4v) is 3.59. The van der Waals surface area contributed by atoms with Gasteiger partial charge < -0.3 is 15.8 Å². The van der Waals surface area contributed by atoms with Gasteiger partial charge in [0, 0.05) is 44.6 Å². The van der Waals surface area contributed by atoms with Crippen LogP contribution in [0.15, 0.2) is 41.8 Å². The van der Waals surface area contributed by atoms with E-state index in [2.05, 4.69) is 46.0 Å². The van der Waals surface area contributed by atoms with Gasteiger partial charge in [0.1, 0.15) is 0 Å². The number of aryl methyl sites for hydroxylation is 2. The third-order valence-electron chi connectivity index (χ3n) is 5.35. The van der Waals surface area contributed by atoms with Crippen molar-refractivity contribution in [2.45, 2.75) is 45.8 Å². The van der Waals surface area contributed by atoms with Crippen LogP contribution in [0.3, 0.4) is 0 Å². The highest BCUT2D eigenvalue weighted by molar-refractivity contribution is 5.77. The van der Waals surface area contributed by atoms with Crippen LogP contribution in [0.4, 0.5) is 0 Å². The van der Waals surface area contributed by atoms with Crippen molar-refractivity contribution in [2.75, 3.05) is 13.1 Å². The molecule has 3 heterocycles. The number of aromatic nitrogens is 2. The molecule has 2 aromatic heterocycles. The molecular formula is C20H28N6O. The Morgan fingerprint density at radius 2 is 1.63 bits per heavy atom. The number of oxime groups is 1. The third-order valence-corrected chi connectivity index (χ3v) is 5.35. The van der Waals surface area contributed by atoms with Gasteiger partial charge in [-0.3, -0.25) is 14.9 Å². The molecule has 0 aromatic carbocycles. The molecule has 0 aliphatic carbocycles. The first-order valence-corrected chi connectivity index (χ1v) is 9.36. The molecule has 0 saturated carbocycles. The van der Waals surface area contributed by atoms with Crippen molar-refractivity contribution in [1.82, 2.24) is 19.8 Å². The van der Waals surface area contributed by atoms with Crippen molar-refractivity contribution in [2.24, 2.45) is 10.9 Å². The Labute approximate surface area is 160 Å². The van der Waals surface area contributed by atoms with E-state index in [9.17, 15) is 0 Å². The molecule has 1 fully saturated rings. The summed E-state index contributed by atoms with van der Waals surface area (Å²) in [5.41, 5.74) is 10.4. The number of nitrogens with two attached hydrogens (primary N) is 1. The molecule has 7 heteroatoms. The highest BCUT2D eigenvalue weighted by atomic mass is 16.4. The van der Waals surface area contributed by atoms with Gasteiger partial charge in [-0.25, -0.2) is 0 Å². The Kier molecular flexibility index (Phi) is 6.24. The Bertz CT molecular complexity index is 738. The number of hydrogen-bond donors (Lipinski definition) is 2. The second kappa shape index (κ2) is 8.81. The molecule has 0 bridgehead atoms. The maximum Gasteiger partial charge on any atom is 0.233 e. The minimum Gasteiger partial charge on any atom is -0.408 e. The van der Waals surface area contributed by atoms with Crippen LogP contribution in [-0.4, -0.2) is 50.1 Å². The molecule has 0 radical (unpaired) electrons. The first-order chi connectivity index (χ1) is 13.1. The van der Waals surface area contributed by atoms with Crippen molar-refractivity contribution in [3.05, 3.63) is 59.2 Å². The molecule has 1 aliphatic rings. The summed E-state index contributed by atoms with van der Waals surface area (Å²) in [5.74, 6) is 0.196. The Morgan fingerprint density at radius 3 is 2.07 bits per heavy atom. The first-order valence-electron chi connectivity index (χ1n) is 9.36. The summed E-state index contributed by atoms with van der Waals surface area (Å²) in [7, 11) is 0. The number of rotatable bonds is 5. The Balaban J connectivity index is 1.78. The third kappa shape index (κ3) is 4.74. The summed E-state index contributed by atoms with van der Waals surface area (Å²) in [5, 5.41) is 12.0. The van der Waals surface area contributed by atoms with Gasteiger partial charge in [0.25, 0.3) is 0 Å².